The van der Waals surface area contributed by atoms with E-state index >= 15 is 0 Å². The number of halogens is 6. The van der Waals surface area contributed by atoms with Gasteiger partial charge in [-0.1, -0.05) is 0 Å². The van der Waals surface area contributed by atoms with E-state index in [9.17, 15) is 31.1 Å². The fourth-order valence-electron chi connectivity index (χ4n) is 3.59. The fraction of sp³-hybridized carbons (Fsp3) is 0.455. The molecule has 0 bridgehead atoms. The zero-order chi connectivity index (χ0) is 28.5. The molecule has 2 aromatic rings. The summed E-state index contributed by atoms with van der Waals surface area (Å²) in [7, 11) is 0. The van der Waals surface area contributed by atoms with Gasteiger partial charge in [0.2, 0.25) is 0 Å². The summed E-state index contributed by atoms with van der Waals surface area (Å²) in [6, 6.07) is 7.54. The van der Waals surface area contributed by atoms with Gasteiger partial charge in [-0.3, -0.25) is 14.7 Å². The van der Waals surface area contributed by atoms with Crippen LogP contribution in [0.1, 0.15) is 18.6 Å². The molecule has 10 nitrogen and oxygen atoms in total. The van der Waals surface area contributed by atoms with Crippen LogP contribution in [0.3, 0.4) is 0 Å². The number of ether oxygens (including phenoxy) is 1. The number of likely N-dealkylation sites (tertiary alicyclic amines) is 1. The molecule has 0 aliphatic carbocycles. The number of amides is 1. The minimum Gasteiger partial charge on any atom is -0.475 e. The number of carbonyl (C=O) groups is 3. The molecule has 0 radical (unpaired) electrons. The maximum absolute atomic E-state index is 12.4. The van der Waals surface area contributed by atoms with Crippen molar-refractivity contribution in [1.82, 2.24) is 9.88 Å². The van der Waals surface area contributed by atoms with Crippen LogP contribution in [0.15, 0.2) is 47.3 Å². The van der Waals surface area contributed by atoms with Gasteiger partial charge in [0.1, 0.15) is 11.9 Å². The van der Waals surface area contributed by atoms with Gasteiger partial charge in [-0.25, -0.2) is 9.59 Å². The SMILES string of the molecule is O=C(Nc1cccnc1)[C@@H]1C[C@@H]2CCN(Cc3ccco3)C[C@@H]2O1.O=C(O)C(F)(F)F.O=C(O)C(F)(F)F. The van der Waals surface area contributed by atoms with Gasteiger partial charge in [0.25, 0.3) is 5.91 Å². The number of nitrogens with zero attached hydrogens (tertiary/aromatic N) is 2. The van der Waals surface area contributed by atoms with Gasteiger partial charge in [-0.15, -0.1) is 0 Å². The van der Waals surface area contributed by atoms with Crippen molar-refractivity contribution in [2.45, 2.75) is 43.9 Å². The number of carboxylic acids is 2. The molecular formula is C22H23F6N3O7. The second-order valence-electron chi connectivity index (χ2n) is 8.10. The van der Waals surface area contributed by atoms with Crippen molar-refractivity contribution >= 4 is 23.5 Å². The summed E-state index contributed by atoms with van der Waals surface area (Å²) >= 11 is 0. The Balaban J connectivity index is 0.000000301. The molecule has 0 unspecified atom stereocenters. The molecule has 2 fully saturated rings. The molecule has 2 saturated heterocycles. The lowest BCUT2D eigenvalue weighted by molar-refractivity contribution is -0.193. The number of fused-ring (bicyclic) bond motifs is 1. The predicted octanol–water partition coefficient (Wildman–Crippen LogP) is 3.56. The summed E-state index contributed by atoms with van der Waals surface area (Å²) in [6.45, 7) is 2.66. The lowest BCUT2D eigenvalue weighted by Crippen LogP contribution is -2.41. The van der Waals surface area contributed by atoms with Crippen LogP contribution in [0.4, 0.5) is 32.0 Å². The number of aliphatic carboxylic acids is 2. The highest BCUT2D eigenvalue weighted by molar-refractivity contribution is 5.94. The highest BCUT2D eigenvalue weighted by atomic mass is 19.4. The first-order chi connectivity index (χ1) is 17.7. The Hall–Kier alpha value is -3.66. The van der Waals surface area contributed by atoms with E-state index in [0.717, 1.165) is 38.2 Å². The van der Waals surface area contributed by atoms with Crippen molar-refractivity contribution in [3.63, 3.8) is 0 Å². The number of anilines is 1. The maximum Gasteiger partial charge on any atom is 0.490 e. The second-order valence-corrected chi connectivity index (χ2v) is 8.10. The zero-order valence-corrected chi connectivity index (χ0v) is 19.4. The number of pyridine rings is 1. The quantitative estimate of drug-likeness (QED) is 0.483. The summed E-state index contributed by atoms with van der Waals surface area (Å²) in [5, 5.41) is 17.1. The Morgan fingerprint density at radius 3 is 2.18 bits per heavy atom. The molecule has 4 heterocycles. The number of nitrogens with one attached hydrogen (secondary N) is 1. The number of rotatable bonds is 4. The van der Waals surface area contributed by atoms with E-state index in [1.54, 1.807) is 24.7 Å². The normalized spacial score (nSPS) is 21.2. The number of hydrogen-bond acceptors (Lipinski definition) is 7. The van der Waals surface area contributed by atoms with Gasteiger partial charge in [0.05, 0.1) is 30.8 Å². The molecule has 0 aromatic carbocycles. The van der Waals surface area contributed by atoms with Crippen LogP contribution in [-0.2, 0) is 25.7 Å². The fourth-order valence-corrected chi connectivity index (χ4v) is 3.59. The Morgan fingerprint density at radius 1 is 1.05 bits per heavy atom. The number of furan rings is 1. The Kier molecular flexibility index (Phi) is 10.6. The average Bonchev–Trinajstić information content (AvgIpc) is 3.49. The maximum atomic E-state index is 12.4. The van der Waals surface area contributed by atoms with Gasteiger partial charge in [-0.05, 0) is 49.6 Å². The van der Waals surface area contributed by atoms with Crippen molar-refractivity contribution < 1.29 is 60.1 Å². The van der Waals surface area contributed by atoms with E-state index in [1.165, 1.54) is 0 Å². The number of piperidine rings is 1. The van der Waals surface area contributed by atoms with E-state index in [1.807, 2.05) is 18.2 Å². The monoisotopic (exact) mass is 555 g/mol. The van der Waals surface area contributed by atoms with Gasteiger partial charge >= 0.3 is 24.3 Å². The number of alkyl halides is 6. The van der Waals surface area contributed by atoms with Gasteiger partial charge < -0.3 is 24.7 Å². The zero-order valence-electron chi connectivity index (χ0n) is 19.4. The third-order valence-electron chi connectivity index (χ3n) is 5.30. The molecule has 16 heteroatoms. The van der Waals surface area contributed by atoms with Crippen molar-refractivity contribution in [2.24, 2.45) is 5.92 Å². The Morgan fingerprint density at radius 2 is 1.68 bits per heavy atom. The van der Waals surface area contributed by atoms with Crippen LogP contribution in [0.5, 0.6) is 0 Å². The van der Waals surface area contributed by atoms with Crippen molar-refractivity contribution in [1.29, 1.82) is 0 Å². The lowest BCUT2D eigenvalue weighted by Gasteiger charge is -2.33. The minimum absolute atomic E-state index is 0.0741. The number of carbonyl (C=O) groups excluding carboxylic acids is 1. The minimum atomic E-state index is -5.08. The van der Waals surface area contributed by atoms with E-state index < -0.39 is 24.3 Å². The molecular weight excluding hydrogens is 532 g/mol. The third kappa shape index (κ3) is 10.0. The van der Waals surface area contributed by atoms with Crippen LogP contribution in [-0.4, -0.2) is 75.6 Å². The highest BCUT2D eigenvalue weighted by Crippen LogP contribution is 2.34. The standard InChI is InChI=1S/C18H21N3O3.2C2HF3O2/c22-18(20-14-3-1-6-19-10-14)16-9-13-5-7-21(12-17(13)24-16)11-15-4-2-8-23-15;2*3-2(4,5)1(6)7/h1-4,6,8,10,13,16-17H,5,7,9,11-12H2,(H,20,22);2*(H,6,7)/t13-,16-,17-;;/m0../s1. The van der Waals surface area contributed by atoms with Crippen LogP contribution < -0.4 is 5.32 Å². The van der Waals surface area contributed by atoms with Crippen molar-refractivity contribution in [2.75, 3.05) is 18.4 Å². The Bertz CT molecular complexity index is 1020. The molecule has 3 N–H and O–H groups in total. The molecule has 2 aliphatic heterocycles. The first-order valence-corrected chi connectivity index (χ1v) is 10.9. The summed E-state index contributed by atoms with van der Waals surface area (Å²) < 4.78 is 74.9. The second kappa shape index (κ2) is 13.2. The third-order valence-corrected chi connectivity index (χ3v) is 5.30. The van der Waals surface area contributed by atoms with Gasteiger partial charge in [0, 0.05) is 12.7 Å². The van der Waals surface area contributed by atoms with Gasteiger partial charge in [-0.2, -0.15) is 26.3 Å². The number of carboxylic acid groups (broad SMARTS) is 2. The van der Waals surface area contributed by atoms with Crippen molar-refractivity contribution in [3.8, 4) is 0 Å². The summed E-state index contributed by atoms with van der Waals surface area (Å²) in [4.78, 5) is 36.5. The molecule has 0 spiro atoms. The lowest BCUT2D eigenvalue weighted by atomic mass is 9.91. The van der Waals surface area contributed by atoms with Crippen LogP contribution in [0.2, 0.25) is 0 Å². The first-order valence-electron chi connectivity index (χ1n) is 10.9. The van der Waals surface area contributed by atoms with E-state index in [0.29, 0.717) is 11.6 Å². The van der Waals surface area contributed by atoms with Crippen LogP contribution in [0, 0.1) is 5.92 Å². The molecule has 4 rings (SSSR count). The number of aromatic nitrogens is 1. The molecule has 1 amide bonds. The van der Waals surface area contributed by atoms with Crippen LogP contribution in [0.25, 0.3) is 0 Å². The summed E-state index contributed by atoms with van der Waals surface area (Å²) in [6.07, 6.45) is -3.53. The summed E-state index contributed by atoms with van der Waals surface area (Å²) in [5.41, 5.74) is 0.709. The molecule has 2 aliphatic rings. The largest absolute Gasteiger partial charge is 0.490 e. The number of hydrogen-bond donors (Lipinski definition) is 3. The van der Waals surface area contributed by atoms with Gasteiger partial charge in [0.15, 0.2) is 0 Å². The van der Waals surface area contributed by atoms with Crippen molar-refractivity contribution in [3.05, 3.63) is 48.7 Å². The molecule has 0 saturated carbocycles. The van der Waals surface area contributed by atoms with E-state index in [-0.39, 0.29) is 18.1 Å². The Labute approximate surface area is 211 Å². The smallest absolute Gasteiger partial charge is 0.475 e. The highest BCUT2D eigenvalue weighted by Gasteiger charge is 2.42. The molecule has 38 heavy (non-hydrogen) atoms. The molecule has 3 atom stereocenters. The predicted molar refractivity (Wildman–Crippen MR) is 116 cm³/mol. The van der Waals surface area contributed by atoms with E-state index in [4.69, 9.17) is 29.0 Å². The molecule has 210 valence electrons. The first kappa shape index (κ1) is 30.6. The topological polar surface area (TPSA) is 142 Å². The molecule has 2 aromatic heterocycles. The average molecular weight is 555 g/mol. The van der Waals surface area contributed by atoms with E-state index in [2.05, 4.69) is 15.2 Å². The van der Waals surface area contributed by atoms with Crippen LogP contribution >= 0.6 is 0 Å². The summed E-state index contributed by atoms with van der Waals surface area (Å²) in [5.74, 6) is -4.16.